The fourth-order valence-electron chi connectivity index (χ4n) is 1.80. The summed E-state index contributed by atoms with van der Waals surface area (Å²) in [5.74, 6) is 1.32. The number of hydrogen-bond acceptors (Lipinski definition) is 2. The van der Waals surface area contributed by atoms with E-state index in [1.807, 2.05) is 0 Å². The summed E-state index contributed by atoms with van der Waals surface area (Å²) in [6.45, 7) is 1.01. The van der Waals surface area contributed by atoms with Gasteiger partial charge in [-0.1, -0.05) is 0 Å². The highest BCUT2D eigenvalue weighted by Gasteiger charge is 2.29. The third-order valence-electron chi connectivity index (χ3n) is 2.34. The molecule has 0 aromatic rings. The molecule has 0 spiro atoms. The molecule has 0 aromatic heterocycles. The van der Waals surface area contributed by atoms with E-state index < -0.39 is 0 Å². The molecule has 1 saturated heterocycles. The molecule has 2 fully saturated rings. The highest BCUT2D eigenvalue weighted by Crippen LogP contribution is 2.34. The predicted molar refractivity (Wildman–Crippen MR) is 44.5 cm³/mol. The van der Waals surface area contributed by atoms with Crippen molar-refractivity contribution in [3.8, 4) is 0 Å². The monoisotopic (exact) mass is 158 g/mol. The summed E-state index contributed by atoms with van der Waals surface area (Å²) in [5.41, 5.74) is 0. The first kappa shape index (κ1) is 6.99. The van der Waals surface area contributed by atoms with E-state index in [1.165, 1.54) is 31.4 Å². The van der Waals surface area contributed by atoms with Crippen molar-refractivity contribution in [1.82, 2.24) is 0 Å². The van der Waals surface area contributed by atoms with Crippen LogP contribution in [0, 0.1) is 0 Å². The molecule has 1 aliphatic heterocycles. The van der Waals surface area contributed by atoms with E-state index in [2.05, 4.69) is 11.8 Å². The van der Waals surface area contributed by atoms with Gasteiger partial charge in [-0.3, -0.25) is 0 Å². The first-order valence-electron chi connectivity index (χ1n) is 4.20. The summed E-state index contributed by atoms with van der Waals surface area (Å²) >= 11 is 2.13. The third-order valence-corrected chi connectivity index (χ3v) is 3.84. The van der Waals surface area contributed by atoms with Crippen molar-refractivity contribution in [1.29, 1.82) is 0 Å². The van der Waals surface area contributed by atoms with E-state index in [4.69, 9.17) is 4.74 Å². The van der Waals surface area contributed by atoms with Gasteiger partial charge in [0, 0.05) is 11.9 Å². The van der Waals surface area contributed by atoms with Crippen molar-refractivity contribution in [2.75, 3.05) is 12.4 Å². The second-order valence-electron chi connectivity index (χ2n) is 3.10. The van der Waals surface area contributed by atoms with Crippen molar-refractivity contribution in [3.05, 3.63) is 0 Å². The van der Waals surface area contributed by atoms with Crippen LogP contribution in [0.4, 0.5) is 0 Å². The molecule has 2 unspecified atom stereocenters. The molecule has 2 rings (SSSR count). The minimum Gasteiger partial charge on any atom is -0.377 e. The van der Waals surface area contributed by atoms with Gasteiger partial charge < -0.3 is 4.74 Å². The molecule has 2 atom stereocenters. The zero-order valence-electron chi connectivity index (χ0n) is 6.21. The Hall–Kier alpha value is 0.310. The van der Waals surface area contributed by atoms with E-state index in [0.29, 0.717) is 6.10 Å². The van der Waals surface area contributed by atoms with E-state index in [-0.39, 0.29) is 0 Å². The lowest BCUT2D eigenvalue weighted by Crippen LogP contribution is -2.18. The lowest BCUT2D eigenvalue weighted by Gasteiger charge is -2.14. The molecule has 1 saturated carbocycles. The molecule has 0 radical (unpaired) electrons. The Kier molecular flexibility index (Phi) is 2.19. The van der Waals surface area contributed by atoms with Crippen LogP contribution < -0.4 is 0 Å². The molecule has 0 aromatic carbocycles. The van der Waals surface area contributed by atoms with E-state index >= 15 is 0 Å². The van der Waals surface area contributed by atoms with Crippen LogP contribution in [0.5, 0.6) is 0 Å². The van der Waals surface area contributed by atoms with Crippen molar-refractivity contribution < 1.29 is 4.74 Å². The van der Waals surface area contributed by atoms with Crippen LogP contribution in [-0.2, 0) is 4.74 Å². The fourth-order valence-corrected chi connectivity index (χ4v) is 3.15. The summed E-state index contributed by atoms with van der Waals surface area (Å²) in [6, 6.07) is 0. The van der Waals surface area contributed by atoms with Crippen LogP contribution in [0.1, 0.15) is 25.7 Å². The average Bonchev–Trinajstić information content (AvgIpc) is 2.28. The van der Waals surface area contributed by atoms with Crippen molar-refractivity contribution >= 4 is 11.8 Å². The van der Waals surface area contributed by atoms with Gasteiger partial charge in [0.05, 0.1) is 6.10 Å². The minimum absolute atomic E-state index is 0.618. The fraction of sp³-hybridized carbons (Fsp3) is 1.00. The molecule has 1 aliphatic carbocycles. The van der Waals surface area contributed by atoms with Gasteiger partial charge >= 0.3 is 0 Å². The highest BCUT2D eigenvalue weighted by atomic mass is 32.2. The molecule has 2 heteroatoms. The molecule has 1 heterocycles. The smallest absolute Gasteiger partial charge is 0.0693 e. The van der Waals surface area contributed by atoms with Crippen LogP contribution in [-0.4, -0.2) is 23.7 Å². The number of fused-ring (bicyclic) bond motifs is 1. The maximum atomic E-state index is 5.71. The average molecular weight is 158 g/mol. The summed E-state index contributed by atoms with van der Waals surface area (Å²) in [5, 5.41) is 0.850. The van der Waals surface area contributed by atoms with E-state index in [0.717, 1.165) is 11.9 Å². The van der Waals surface area contributed by atoms with E-state index in [1.54, 1.807) is 0 Å². The molecular formula is C8H14OS. The van der Waals surface area contributed by atoms with Gasteiger partial charge in [-0.2, -0.15) is 11.8 Å². The highest BCUT2D eigenvalue weighted by molar-refractivity contribution is 7.99. The minimum atomic E-state index is 0.618. The zero-order chi connectivity index (χ0) is 6.81. The SMILES string of the molecule is C1COC2CCCC2SC1. The number of thioether (sulfide) groups is 1. The Morgan fingerprint density at radius 3 is 3.20 bits per heavy atom. The second kappa shape index (κ2) is 3.14. The van der Waals surface area contributed by atoms with Gasteiger partial charge in [0.1, 0.15) is 0 Å². The number of rotatable bonds is 0. The van der Waals surface area contributed by atoms with Crippen LogP contribution in [0.25, 0.3) is 0 Å². The molecule has 0 bridgehead atoms. The largest absolute Gasteiger partial charge is 0.377 e. The van der Waals surface area contributed by atoms with Gasteiger partial charge in [-0.15, -0.1) is 0 Å². The van der Waals surface area contributed by atoms with Crippen molar-refractivity contribution in [2.45, 2.75) is 37.0 Å². The Morgan fingerprint density at radius 2 is 2.20 bits per heavy atom. The molecule has 1 nitrogen and oxygen atoms in total. The van der Waals surface area contributed by atoms with Gasteiger partial charge in [0.15, 0.2) is 0 Å². The maximum Gasteiger partial charge on any atom is 0.0693 e. The Labute approximate surface area is 66.5 Å². The summed E-state index contributed by atoms with van der Waals surface area (Å²) in [7, 11) is 0. The first-order chi connectivity index (χ1) is 4.97. The molecule has 10 heavy (non-hydrogen) atoms. The topological polar surface area (TPSA) is 9.23 Å². The van der Waals surface area contributed by atoms with E-state index in [9.17, 15) is 0 Å². The number of hydrogen-bond donors (Lipinski definition) is 0. The lowest BCUT2D eigenvalue weighted by molar-refractivity contribution is 0.0661. The summed E-state index contributed by atoms with van der Waals surface area (Å²) < 4.78 is 5.71. The lowest BCUT2D eigenvalue weighted by atomic mass is 10.3. The summed E-state index contributed by atoms with van der Waals surface area (Å²) in [4.78, 5) is 0. The van der Waals surface area contributed by atoms with Crippen LogP contribution in [0.15, 0.2) is 0 Å². The quantitative estimate of drug-likeness (QED) is 0.533. The standard InChI is InChI=1S/C8H14OS/c1-3-7-8(4-1)10-6-2-5-9-7/h7-8H,1-6H2. The van der Waals surface area contributed by atoms with Gasteiger partial charge in [-0.05, 0) is 31.4 Å². The molecule has 2 aliphatic rings. The molecule has 58 valence electrons. The zero-order valence-corrected chi connectivity index (χ0v) is 7.03. The van der Waals surface area contributed by atoms with Gasteiger partial charge in [0.2, 0.25) is 0 Å². The van der Waals surface area contributed by atoms with Gasteiger partial charge in [0.25, 0.3) is 0 Å². The predicted octanol–water partition coefficient (Wildman–Crippen LogP) is 2.06. The maximum absolute atomic E-state index is 5.71. The Bertz CT molecular complexity index is 104. The molecule has 0 amide bonds. The van der Waals surface area contributed by atoms with Gasteiger partial charge in [-0.25, -0.2) is 0 Å². The first-order valence-corrected chi connectivity index (χ1v) is 5.25. The number of ether oxygens (including phenoxy) is 1. The molecule has 0 N–H and O–H groups in total. The normalized spacial score (nSPS) is 40.8. The van der Waals surface area contributed by atoms with Crippen LogP contribution in [0.2, 0.25) is 0 Å². The van der Waals surface area contributed by atoms with Crippen LogP contribution >= 0.6 is 11.8 Å². The van der Waals surface area contributed by atoms with Crippen molar-refractivity contribution in [2.24, 2.45) is 0 Å². The second-order valence-corrected chi connectivity index (χ2v) is 4.45. The van der Waals surface area contributed by atoms with Crippen LogP contribution in [0.3, 0.4) is 0 Å². The Morgan fingerprint density at radius 1 is 1.20 bits per heavy atom. The molecular weight excluding hydrogens is 144 g/mol. The Balaban J connectivity index is 1.95. The van der Waals surface area contributed by atoms with Crippen molar-refractivity contribution in [3.63, 3.8) is 0 Å². The third kappa shape index (κ3) is 1.32. The summed E-state index contributed by atoms with van der Waals surface area (Å²) in [6.07, 6.45) is 5.99.